The summed E-state index contributed by atoms with van der Waals surface area (Å²) >= 11 is 5.86. The number of amides is 4. The Morgan fingerprint density at radius 3 is 2.38 bits per heavy atom. The first-order chi connectivity index (χ1) is 11.1. The van der Waals surface area contributed by atoms with E-state index in [1.165, 1.54) is 0 Å². The highest BCUT2D eigenvalue weighted by molar-refractivity contribution is 6.30. The normalized spacial score (nSPS) is 21.8. The summed E-state index contributed by atoms with van der Waals surface area (Å²) in [6.07, 6.45) is 0. The van der Waals surface area contributed by atoms with Gasteiger partial charge in [0, 0.05) is 11.1 Å². The summed E-state index contributed by atoms with van der Waals surface area (Å²) in [7, 11) is 0. The number of benzene rings is 1. The molecule has 1 aromatic rings. The van der Waals surface area contributed by atoms with Crippen LogP contribution in [0.4, 0.5) is 4.79 Å². The minimum Gasteiger partial charge on any atom is -0.352 e. The number of nitrogens with zero attached hydrogens (tertiary/aromatic N) is 1. The monoisotopic (exact) mass is 351 g/mol. The summed E-state index contributed by atoms with van der Waals surface area (Å²) in [5, 5.41) is 5.99. The van der Waals surface area contributed by atoms with Crippen LogP contribution in [0.25, 0.3) is 0 Å². The Bertz CT molecular complexity index is 660. The second-order valence-electron chi connectivity index (χ2n) is 6.55. The van der Waals surface area contributed by atoms with Crippen molar-refractivity contribution < 1.29 is 14.4 Å². The number of rotatable bonds is 5. The van der Waals surface area contributed by atoms with Crippen molar-refractivity contribution in [1.29, 1.82) is 0 Å². The Hall–Kier alpha value is -2.08. The first kappa shape index (κ1) is 18.3. The molecule has 24 heavy (non-hydrogen) atoms. The van der Waals surface area contributed by atoms with Crippen LogP contribution in [0.5, 0.6) is 0 Å². The number of hydrogen-bond donors (Lipinski definition) is 2. The van der Waals surface area contributed by atoms with Gasteiger partial charge < -0.3 is 10.6 Å². The molecule has 1 aliphatic rings. The minimum atomic E-state index is -1.20. The third-order valence-corrected chi connectivity index (χ3v) is 4.64. The van der Waals surface area contributed by atoms with Gasteiger partial charge in [-0.05, 0) is 37.5 Å². The van der Waals surface area contributed by atoms with E-state index in [9.17, 15) is 14.4 Å². The summed E-state index contributed by atoms with van der Waals surface area (Å²) < 4.78 is 0. The van der Waals surface area contributed by atoms with Crippen LogP contribution in [0, 0.1) is 5.92 Å². The Kier molecular flexibility index (Phi) is 5.18. The third kappa shape index (κ3) is 3.53. The number of halogens is 1. The van der Waals surface area contributed by atoms with Crippen molar-refractivity contribution in [3.63, 3.8) is 0 Å². The number of nitrogens with one attached hydrogen (secondary N) is 2. The Morgan fingerprint density at radius 1 is 1.25 bits per heavy atom. The van der Waals surface area contributed by atoms with Crippen molar-refractivity contribution in [2.45, 2.75) is 39.3 Å². The van der Waals surface area contributed by atoms with E-state index in [0.29, 0.717) is 10.6 Å². The number of urea groups is 1. The molecule has 0 unspecified atom stereocenters. The van der Waals surface area contributed by atoms with Gasteiger partial charge in [0.1, 0.15) is 12.1 Å². The number of imide groups is 1. The average Bonchev–Trinajstić information content (AvgIpc) is 2.72. The van der Waals surface area contributed by atoms with Crippen LogP contribution in [-0.4, -0.2) is 35.3 Å². The molecular weight excluding hydrogens is 330 g/mol. The maximum absolute atomic E-state index is 12.7. The molecule has 2 N–H and O–H groups in total. The van der Waals surface area contributed by atoms with E-state index in [4.69, 9.17) is 11.6 Å². The molecule has 2 atom stereocenters. The topological polar surface area (TPSA) is 78.5 Å². The van der Waals surface area contributed by atoms with Gasteiger partial charge in [0.25, 0.3) is 5.91 Å². The molecule has 0 spiro atoms. The smallest absolute Gasteiger partial charge is 0.325 e. The summed E-state index contributed by atoms with van der Waals surface area (Å²) in [4.78, 5) is 37.9. The molecule has 1 heterocycles. The summed E-state index contributed by atoms with van der Waals surface area (Å²) in [5.41, 5.74) is -0.588. The van der Waals surface area contributed by atoms with E-state index >= 15 is 0 Å². The lowest BCUT2D eigenvalue weighted by Gasteiger charge is -2.23. The maximum atomic E-state index is 12.7. The molecule has 1 saturated heterocycles. The second-order valence-corrected chi connectivity index (χ2v) is 6.99. The molecule has 6 nitrogen and oxygen atoms in total. The van der Waals surface area contributed by atoms with Gasteiger partial charge in [-0.3, -0.25) is 14.5 Å². The Labute approximate surface area is 146 Å². The highest BCUT2D eigenvalue weighted by atomic mass is 35.5. The van der Waals surface area contributed by atoms with Gasteiger partial charge in [0.15, 0.2) is 0 Å². The van der Waals surface area contributed by atoms with Gasteiger partial charge >= 0.3 is 6.03 Å². The van der Waals surface area contributed by atoms with Crippen LogP contribution in [0.3, 0.4) is 0 Å². The fourth-order valence-electron chi connectivity index (χ4n) is 2.43. The van der Waals surface area contributed by atoms with Gasteiger partial charge in [-0.1, -0.05) is 37.6 Å². The van der Waals surface area contributed by atoms with Gasteiger partial charge in [-0.25, -0.2) is 4.79 Å². The number of carbonyl (C=O) groups is 3. The lowest BCUT2D eigenvalue weighted by atomic mass is 9.92. The molecule has 0 radical (unpaired) electrons. The fraction of sp³-hybridized carbons (Fsp3) is 0.471. The van der Waals surface area contributed by atoms with Crippen LogP contribution in [0.1, 0.15) is 33.3 Å². The predicted molar refractivity (Wildman–Crippen MR) is 91.5 cm³/mol. The maximum Gasteiger partial charge on any atom is 0.325 e. The molecule has 1 aromatic carbocycles. The van der Waals surface area contributed by atoms with E-state index in [0.717, 1.165) is 4.90 Å². The van der Waals surface area contributed by atoms with Crippen LogP contribution < -0.4 is 10.6 Å². The Morgan fingerprint density at radius 2 is 1.83 bits per heavy atom. The molecule has 130 valence electrons. The van der Waals surface area contributed by atoms with Gasteiger partial charge in [0.2, 0.25) is 5.91 Å². The van der Waals surface area contributed by atoms with Gasteiger partial charge in [-0.15, -0.1) is 0 Å². The average molecular weight is 352 g/mol. The van der Waals surface area contributed by atoms with Gasteiger partial charge in [-0.2, -0.15) is 0 Å². The number of carbonyl (C=O) groups excluding carboxylic acids is 3. The SMILES string of the molecule is CC(C)[C@@H](C)NC(=O)CN1C(=O)N[C@@](C)(c2ccc(Cl)cc2)C1=O. The summed E-state index contributed by atoms with van der Waals surface area (Å²) in [5.74, 6) is -0.557. The zero-order valence-corrected chi connectivity index (χ0v) is 15.0. The molecule has 1 fully saturated rings. The minimum absolute atomic E-state index is 0.0408. The number of hydrogen-bond acceptors (Lipinski definition) is 3. The fourth-order valence-corrected chi connectivity index (χ4v) is 2.56. The second kappa shape index (κ2) is 6.81. The molecule has 2 rings (SSSR count). The highest BCUT2D eigenvalue weighted by Gasteiger charge is 2.49. The molecule has 0 saturated carbocycles. The van der Waals surface area contributed by atoms with Crippen molar-refractivity contribution in [3.05, 3.63) is 34.9 Å². The van der Waals surface area contributed by atoms with Crippen molar-refractivity contribution in [2.24, 2.45) is 5.92 Å². The standard InChI is InChI=1S/C17H22ClN3O3/c1-10(2)11(3)19-14(22)9-21-15(23)17(4,20-16(21)24)12-5-7-13(18)8-6-12/h5-8,10-11H,9H2,1-4H3,(H,19,22)(H,20,24)/t11-,17+/m1/s1. The van der Waals surface area contributed by atoms with E-state index in [1.807, 2.05) is 20.8 Å². The largest absolute Gasteiger partial charge is 0.352 e. The first-order valence-electron chi connectivity index (χ1n) is 7.84. The Balaban J connectivity index is 2.14. The van der Waals surface area contributed by atoms with E-state index < -0.39 is 17.5 Å². The quantitative estimate of drug-likeness (QED) is 0.799. The molecule has 4 amide bonds. The lowest BCUT2D eigenvalue weighted by molar-refractivity contribution is -0.135. The molecule has 0 bridgehead atoms. The van der Waals surface area contributed by atoms with Crippen LogP contribution in [0.15, 0.2) is 24.3 Å². The van der Waals surface area contributed by atoms with Crippen LogP contribution in [0.2, 0.25) is 5.02 Å². The van der Waals surface area contributed by atoms with Gasteiger partial charge in [0.05, 0.1) is 0 Å². The van der Waals surface area contributed by atoms with Crippen molar-refractivity contribution >= 4 is 29.4 Å². The third-order valence-electron chi connectivity index (χ3n) is 4.39. The molecule has 7 heteroatoms. The summed E-state index contributed by atoms with van der Waals surface area (Å²) in [6.45, 7) is 7.16. The highest BCUT2D eigenvalue weighted by Crippen LogP contribution is 2.29. The zero-order chi connectivity index (χ0) is 18.1. The van der Waals surface area contributed by atoms with Crippen molar-refractivity contribution in [2.75, 3.05) is 6.54 Å². The molecular formula is C17H22ClN3O3. The molecule has 1 aliphatic heterocycles. The van der Waals surface area contributed by atoms with Crippen molar-refractivity contribution in [3.8, 4) is 0 Å². The van der Waals surface area contributed by atoms with Crippen LogP contribution in [-0.2, 0) is 15.1 Å². The molecule has 0 aromatic heterocycles. The predicted octanol–water partition coefficient (Wildman–Crippen LogP) is 2.27. The van der Waals surface area contributed by atoms with E-state index in [1.54, 1.807) is 31.2 Å². The first-order valence-corrected chi connectivity index (χ1v) is 8.22. The lowest BCUT2D eigenvalue weighted by Crippen LogP contribution is -2.45. The molecule has 0 aliphatic carbocycles. The van der Waals surface area contributed by atoms with E-state index in [2.05, 4.69) is 10.6 Å². The van der Waals surface area contributed by atoms with Crippen molar-refractivity contribution in [1.82, 2.24) is 15.5 Å². The van der Waals surface area contributed by atoms with Crippen LogP contribution >= 0.6 is 11.6 Å². The van der Waals surface area contributed by atoms with E-state index in [-0.39, 0.29) is 24.4 Å². The zero-order valence-electron chi connectivity index (χ0n) is 14.2. The summed E-state index contributed by atoms with van der Waals surface area (Å²) in [6, 6.07) is 6.06.